The molecule has 2 aromatic rings. The summed E-state index contributed by atoms with van der Waals surface area (Å²) in [6, 6.07) is 12.9. The van der Waals surface area contributed by atoms with Crippen LogP contribution in [0.5, 0.6) is 0 Å². The number of hydrogen-bond donors (Lipinski definition) is 0. The van der Waals surface area contributed by atoms with E-state index in [4.69, 9.17) is 9.47 Å². The lowest BCUT2D eigenvalue weighted by atomic mass is 9.88. The maximum atomic E-state index is 6.24. The summed E-state index contributed by atoms with van der Waals surface area (Å²) in [5, 5.41) is 0. The first-order chi connectivity index (χ1) is 12.7. The molecule has 2 aliphatic rings. The number of pyridine rings is 1. The van der Waals surface area contributed by atoms with Gasteiger partial charge in [-0.3, -0.25) is 9.88 Å². The van der Waals surface area contributed by atoms with Gasteiger partial charge in [-0.25, -0.2) is 0 Å². The third kappa shape index (κ3) is 4.32. The Hall–Kier alpha value is -1.75. The Morgan fingerprint density at radius 1 is 1.15 bits per heavy atom. The molecule has 3 heterocycles. The van der Waals surface area contributed by atoms with E-state index in [0.29, 0.717) is 6.61 Å². The molecule has 0 saturated carbocycles. The molecule has 4 nitrogen and oxygen atoms in total. The fourth-order valence-corrected chi connectivity index (χ4v) is 4.14. The number of likely N-dealkylation sites (tertiary alicyclic amines) is 1. The van der Waals surface area contributed by atoms with E-state index in [9.17, 15) is 0 Å². The van der Waals surface area contributed by atoms with E-state index < -0.39 is 0 Å². The average molecular weight is 352 g/mol. The van der Waals surface area contributed by atoms with Crippen LogP contribution in [-0.2, 0) is 22.6 Å². The van der Waals surface area contributed by atoms with Crippen LogP contribution in [0.3, 0.4) is 0 Å². The summed E-state index contributed by atoms with van der Waals surface area (Å²) < 4.78 is 12.3. The lowest BCUT2D eigenvalue weighted by molar-refractivity contribution is -0.0468. The summed E-state index contributed by atoms with van der Waals surface area (Å²) >= 11 is 0. The van der Waals surface area contributed by atoms with Crippen molar-refractivity contribution in [3.63, 3.8) is 0 Å². The van der Waals surface area contributed by atoms with Crippen molar-refractivity contribution in [1.29, 1.82) is 0 Å². The van der Waals surface area contributed by atoms with Crippen molar-refractivity contribution in [2.75, 3.05) is 19.7 Å². The smallest absolute Gasteiger partial charge is 0.0840 e. The van der Waals surface area contributed by atoms with Gasteiger partial charge in [-0.15, -0.1) is 0 Å². The second kappa shape index (κ2) is 7.87. The summed E-state index contributed by atoms with van der Waals surface area (Å²) in [5.41, 5.74) is 3.96. The molecule has 0 unspecified atom stereocenters. The van der Waals surface area contributed by atoms with Crippen LogP contribution < -0.4 is 0 Å². The molecule has 2 fully saturated rings. The first kappa shape index (κ1) is 17.7. The van der Waals surface area contributed by atoms with E-state index in [1.54, 1.807) is 0 Å². The zero-order chi connectivity index (χ0) is 17.8. The van der Waals surface area contributed by atoms with Crippen LogP contribution in [0.2, 0.25) is 0 Å². The average Bonchev–Trinajstić information content (AvgIpc) is 3.06. The van der Waals surface area contributed by atoms with Gasteiger partial charge in [-0.1, -0.05) is 29.8 Å². The standard InChI is InChI=1S/C22H28N2O2/c1-18-3-2-4-20(13-18)15-24-11-7-22(8-12-24)14-21(17-26-22)25-16-19-5-9-23-10-6-19/h2-6,9-10,13,21H,7-8,11-12,14-17H2,1H3/t21-/m1/s1. The summed E-state index contributed by atoms with van der Waals surface area (Å²) in [5.74, 6) is 0. The van der Waals surface area contributed by atoms with Crippen molar-refractivity contribution in [1.82, 2.24) is 9.88 Å². The highest BCUT2D eigenvalue weighted by Gasteiger charge is 2.43. The first-order valence-corrected chi connectivity index (χ1v) is 9.63. The maximum absolute atomic E-state index is 6.24. The van der Waals surface area contributed by atoms with Gasteiger partial charge in [0.15, 0.2) is 0 Å². The van der Waals surface area contributed by atoms with Crippen LogP contribution in [0.25, 0.3) is 0 Å². The Labute approximate surface area is 156 Å². The van der Waals surface area contributed by atoms with Crippen molar-refractivity contribution in [3.8, 4) is 0 Å². The summed E-state index contributed by atoms with van der Waals surface area (Å²) in [6.07, 6.45) is 7.08. The molecule has 0 N–H and O–H groups in total. The molecule has 138 valence electrons. The number of benzene rings is 1. The normalized spacial score (nSPS) is 22.7. The van der Waals surface area contributed by atoms with Crippen molar-refractivity contribution in [3.05, 3.63) is 65.5 Å². The van der Waals surface area contributed by atoms with Gasteiger partial charge in [-0.2, -0.15) is 0 Å². The number of hydrogen-bond acceptors (Lipinski definition) is 4. The fraction of sp³-hybridized carbons (Fsp3) is 0.500. The highest BCUT2D eigenvalue weighted by atomic mass is 16.6. The van der Waals surface area contributed by atoms with Crippen molar-refractivity contribution in [2.24, 2.45) is 0 Å². The number of nitrogens with zero attached hydrogens (tertiary/aromatic N) is 2. The Morgan fingerprint density at radius 2 is 1.96 bits per heavy atom. The Kier molecular flexibility index (Phi) is 5.34. The molecule has 0 aliphatic carbocycles. The number of ether oxygens (including phenoxy) is 2. The molecule has 1 spiro atoms. The minimum absolute atomic E-state index is 0.0337. The minimum atomic E-state index is 0.0337. The van der Waals surface area contributed by atoms with Crippen LogP contribution in [-0.4, -0.2) is 41.3 Å². The molecule has 0 bridgehead atoms. The van der Waals surface area contributed by atoms with E-state index in [-0.39, 0.29) is 11.7 Å². The predicted octanol–water partition coefficient (Wildman–Crippen LogP) is 3.73. The molecule has 1 atom stereocenters. The van der Waals surface area contributed by atoms with Crippen LogP contribution in [0.1, 0.15) is 36.0 Å². The molecular formula is C22H28N2O2. The third-order valence-electron chi connectivity index (χ3n) is 5.67. The van der Waals surface area contributed by atoms with Crippen molar-refractivity contribution < 1.29 is 9.47 Å². The zero-order valence-electron chi connectivity index (χ0n) is 15.6. The SMILES string of the molecule is Cc1cccc(CN2CCC3(CC2)C[C@@H](OCc2ccncc2)CO3)c1. The number of piperidine rings is 1. The van der Waals surface area contributed by atoms with Gasteiger partial charge in [0.2, 0.25) is 0 Å². The molecule has 2 saturated heterocycles. The Bertz CT molecular complexity index is 711. The highest BCUT2D eigenvalue weighted by Crippen LogP contribution is 2.37. The van der Waals surface area contributed by atoms with E-state index in [1.165, 1.54) is 16.7 Å². The van der Waals surface area contributed by atoms with Gasteiger partial charge in [-0.05, 0) is 43.0 Å². The van der Waals surface area contributed by atoms with Gasteiger partial charge in [0.25, 0.3) is 0 Å². The van der Waals surface area contributed by atoms with E-state index >= 15 is 0 Å². The van der Waals surface area contributed by atoms with Crippen LogP contribution in [0.4, 0.5) is 0 Å². The molecule has 2 aliphatic heterocycles. The van der Waals surface area contributed by atoms with E-state index in [1.807, 2.05) is 24.5 Å². The largest absolute Gasteiger partial charge is 0.372 e. The van der Waals surface area contributed by atoms with Crippen LogP contribution in [0, 0.1) is 6.92 Å². The molecule has 1 aromatic heterocycles. The monoisotopic (exact) mass is 352 g/mol. The molecule has 0 radical (unpaired) electrons. The summed E-state index contributed by atoms with van der Waals surface area (Å²) in [4.78, 5) is 6.60. The minimum Gasteiger partial charge on any atom is -0.372 e. The molecule has 1 aromatic carbocycles. The second-order valence-corrected chi connectivity index (χ2v) is 7.75. The van der Waals surface area contributed by atoms with Crippen molar-refractivity contribution >= 4 is 0 Å². The summed E-state index contributed by atoms with van der Waals surface area (Å²) in [6.45, 7) is 6.78. The number of aryl methyl sites for hydroxylation is 1. The lowest BCUT2D eigenvalue weighted by Gasteiger charge is -2.38. The molecular weight excluding hydrogens is 324 g/mol. The quantitative estimate of drug-likeness (QED) is 0.821. The topological polar surface area (TPSA) is 34.6 Å². The number of rotatable bonds is 5. The lowest BCUT2D eigenvalue weighted by Crippen LogP contribution is -2.43. The molecule has 4 rings (SSSR count). The van der Waals surface area contributed by atoms with Crippen LogP contribution >= 0.6 is 0 Å². The molecule has 4 heteroatoms. The van der Waals surface area contributed by atoms with Gasteiger partial charge in [0, 0.05) is 38.4 Å². The van der Waals surface area contributed by atoms with Gasteiger partial charge in [0.1, 0.15) is 0 Å². The second-order valence-electron chi connectivity index (χ2n) is 7.75. The first-order valence-electron chi connectivity index (χ1n) is 9.63. The van der Waals surface area contributed by atoms with Gasteiger partial charge < -0.3 is 9.47 Å². The van der Waals surface area contributed by atoms with Crippen molar-refractivity contribution in [2.45, 2.75) is 51.0 Å². The highest BCUT2D eigenvalue weighted by molar-refractivity contribution is 5.22. The summed E-state index contributed by atoms with van der Waals surface area (Å²) in [7, 11) is 0. The maximum Gasteiger partial charge on any atom is 0.0840 e. The third-order valence-corrected chi connectivity index (χ3v) is 5.67. The zero-order valence-corrected chi connectivity index (χ0v) is 15.6. The molecule has 26 heavy (non-hydrogen) atoms. The van der Waals surface area contributed by atoms with Gasteiger partial charge in [0.05, 0.1) is 24.9 Å². The van der Waals surface area contributed by atoms with Gasteiger partial charge >= 0.3 is 0 Å². The fourth-order valence-electron chi connectivity index (χ4n) is 4.14. The number of aromatic nitrogens is 1. The van der Waals surface area contributed by atoms with Crippen LogP contribution in [0.15, 0.2) is 48.8 Å². The Balaban J connectivity index is 1.25. The van der Waals surface area contributed by atoms with E-state index in [0.717, 1.165) is 45.5 Å². The molecule has 0 amide bonds. The Morgan fingerprint density at radius 3 is 2.73 bits per heavy atom. The predicted molar refractivity (Wildman–Crippen MR) is 102 cm³/mol. The van der Waals surface area contributed by atoms with E-state index in [2.05, 4.69) is 41.1 Å².